The summed E-state index contributed by atoms with van der Waals surface area (Å²) in [4.78, 5) is 16.6. The van der Waals surface area contributed by atoms with E-state index in [2.05, 4.69) is 15.1 Å². The molecule has 0 saturated carbocycles. The third-order valence-electron chi connectivity index (χ3n) is 4.44. The summed E-state index contributed by atoms with van der Waals surface area (Å²) < 4.78 is 119. The Kier molecular flexibility index (Phi) is 6.99. The number of nitrogens with two attached hydrogens (primary N) is 1. The Balaban J connectivity index is 1.97. The van der Waals surface area contributed by atoms with Crippen LogP contribution in [0.3, 0.4) is 0 Å². The van der Waals surface area contributed by atoms with Gasteiger partial charge in [-0.2, -0.15) is 44.6 Å². The molecule has 3 aromatic rings. The van der Waals surface area contributed by atoms with E-state index in [4.69, 9.17) is 17.3 Å². The van der Waals surface area contributed by atoms with Crippen LogP contribution in [0.1, 0.15) is 32.7 Å². The summed E-state index contributed by atoms with van der Waals surface area (Å²) in [5.41, 5.74) is -1.95. The molecule has 0 bridgehead atoms. The predicted molar refractivity (Wildman–Crippen MR) is 106 cm³/mol. The Hall–Kier alpha value is -3.75. The van der Waals surface area contributed by atoms with Crippen LogP contribution < -0.4 is 5.73 Å². The Bertz CT molecular complexity index is 1280. The van der Waals surface area contributed by atoms with Crippen molar-refractivity contribution >= 4 is 23.4 Å². The number of hydrogen-bond donors (Lipinski definition) is 1. The first-order valence-electron chi connectivity index (χ1n) is 9.24. The average Bonchev–Trinajstić information content (AvgIpc) is 3.22. The first-order chi connectivity index (χ1) is 16.5. The zero-order valence-corrected chi connectivity index (χ0v) is 17.9. The summed E-state index contributed by atoms with van der Waals surface area (Å²) in [6, 6.07) is 5.06. The summed E-state index contributed by atoms with van der Waals surface area (Å²) in [5.74, 6) is -2.92. The van der Waals surface area contributed by atoms with E-state index in [1.54, 1.807) is 0 Å². The molecule has 0 aliphatic carbocycles. The van der Waals surface area contributed by atoms with Gasteiger partial charge in [-0.15, -0.1) is 0 Å². The van der Waals surface area contributed by atoms with Gasteiger partial charge in [-0.3, -0.25) is 0 Å². The van der Waals surface area contributed by atoms with Crippen LogP contribution in [0.5, 0.6) is 0 Å². The van der Waals surface area contributed by atoms with Gasteiger partial charge in [0.15, 0.2) is 11.5 Å². The molecule has 36 heavy (non-hydrogen) atoms. The molecular weight excluding hydrogens is 535 g/mol. The molecular formula is C20H10ClF9N4O2. The van der Waals surface area contributed by atoms with E-state index in [1.807, 2.05) is 0 Å². The molecule has 0 unspecified atom stereocenters. The van der Waals surface area contributed by atoms with Crippen molar-refractivity contribution in [1.29, 1.82) is 0 Å². The molecule has 0 spiro atoms. The van der Waals surface area contributed by atoms with E-state index in [0.29, 0.717) is 10.9 Å². The molecule has 2 aromatic carbocycles. The van der Waals surface area contributed by atoms with E-state index in [0.717, 1.165) is 0 Å². The van der Waals surface area contributed by atoms with E-state index < -0.39 is 58.3 Å². The zero-order chi connectivity index (χ0) is 27.1. The third-order valence-corrected chi connectivity index (χ3v) is 4.69. The van der Waals surface area contributed by atoms with Crippen LogP contribution in [0.15, 0.2) is 53.8 Å². The molecule has 0 saturated heterocycles. The highest BCUT2D eigenvalue weighted by atomic mass is 35.5. The fraction of sp³-hybridized carbons (Fsp3) is 0.150. The van der Waals surface area contributed by atoms with E-state index in [9.17, 15) is 44.3 Å². The maximum Gasteiger partial charge on any atom is 0.434 e. The lowest BCUT2D eigenvalue weighted by Crippen LogP contribution is -2.20. The van der Waals surface area contributed by atoms with Gasteiger partial charge in [0, 0.05) is 10.6 Å². The molecule has 0 atom stereocenters. The topological polar surface area (TPSA) is 82.5 Å². The van der Waals surface area contributed by atoms with Crippen LogP contribution in [0.2, 0.25) is 5.02 Å². The first-order valence-corrected chi connectivity index (χ1v) is 9.62. The van der Waals surface area contributed by atoms with Crippen LogP contribution in [0, 0.1) is 0 Å². The van der Waals surface area contributed by atoms with Gasteiger partial charge >= 0.3 is 24.5 Å². The normalized spacial score (nSPS) is 13.1. The van der Waals surface area contributed by atoms with Gasteiger partial charge in [0.05, 0.1) is 23.0 Å². The van der Waals surface area contributed by atoms with E-state index >= 15 is 0 Å². The number of halogens is 10. The van der Waals surface area contributed by atoms with Crippen molar-refractivity contribution in [2.24, 2.45) is 10.9 Å². The van der Waals surface area contributed by atoms with Gasteiger partial charge in [-0.25, -0.2) is 9.48 Å². The maximum atomic E-state index is 13.7. The predicted octanol–water partition coefficient (Wildman–Crippen LogP) is 6.06. The van der Waals surface area contributed by atoms with E-state index in [-0.39, 0.29) is 28.9 Å². The maximum absolute atomic E-state index is 13.7. The quantitative estimate of drug-likeness (QED) is 0.142. The lowest BCUT2D eigenvalue weighted by molar-refractivity contribution is -0.144. The number of nitrogens with zero attached hydrogens (tertiary/aromatic N) is 3. The van der Waals surface area contributed by atoms with Crippen LogP contribution in [0.25, 0.3) is 5.69 Å². The number of carbonyl (C=O) groups excluding carboxylic acids is 1. The molecule has 0 aliphatic heterocycles. The number of benzene rings is 2. The van der Waals surface area contributed by atoms with Crippen molar-refractivity contribution in [3.63, 3.8) is 0 Å². The SMILES string of the molecule is NC(=NOC(=O)c1cnn(-c2ccc(Cl)cc2)c1C(F)(F)F)c1cc(C(F)(F)F)cc(C(F)(F)F)c1. The lowest BCUT2D eigenvalue weighted by atomic mass is 10.0. The van der Waals surface area contributed by atoms with Gasteiger partial charge in [0.2, 0.25) is 0 Å². The number of oxime groups is 1. The molecule has 0 aliphatic rings. The second-order valence-corrected chi connectivity index (χ2v) is 7.38. The minimum absolute atomic E-state index is 0.141. The highest BCUT2D eigenvalue weighted by Gasteiger charge is 2.41. The summed E-state index contributed by atoms with van der Waals surface area (Å²) >= 11 is 5.70. The number of aromatic nitrogens is 2. The highest BCUT2D eigenvalue weighted by Crippen LogP contribution is 2.37. The van der Waals surface area contributed by atoms with Crippen LogP contribution in [0.4, 0.5) is 39.5 Å². The molecule has 192 valence electrons. The van der Waals surface area contributed by atoms with Gasteiger partial charge < -0.3 is 10.6 Å². The fourth-order valence-corrected chi connectivity index (χ4v) is 2.97. The molecule has 16 heteroatoms. The Morgan fingerprint density at radius 3 is 1.89 bits per heavy atom. The van der Waals surface area contributed by atoms with Crippen molar-refractivity contribution in [3.05, 3.63) is 81.6 Å². The zero-order valence-electron chi connectivity index (χ0n) is 17.1. The van der Waals surface area contributed by atoms with Gasteiger partial charge in [0.1, 0.15) is 5.56 Å². The number of carbonyl (C=O) groups is 1. The average molecular weight is 545 g/mol. The Labute approximate surface area is 199 Å². The second kappa shape index (κ2) is 9.37. The summed E-state index contributed by atoms with van der Waals surface area (Å²) in [7, 11) is 0. The summed E-state index contributed by atoms with van der Waals surface area (Å²) in [6.45, 7) is 0. The Morgan fingerprint density at radius 1 is 0.889 bits per heavy atom. The second-order valence-electron chi connectivity index (χ2n) is 6.94. The van der Waals surface area contributed by atoms with Gasteiger partial charge in [-0.1, -0.05) is 16.8 Å². The third kappa shape index (κ3) is 5.90. The smallest absolute Gasteiger partial charge is 0.380 e. The minimum atomic E-state index is -5.20. The Morgan fingerprint density at radius 2 is 1.42 bits per heavy atom. The largest absolute Gasteiger partial charge is 0.434 e. The molecule has 0 radical (unpaired) electrons. The fourth-order valence-electron chi connectivity index (χ4n) is 2.84. The lowest BCUT2D eigenvalue weighted by Gasteiger charge is -2.14. The van der Waals surface area contributed by atoms with Crippen molar-refractivity contribution < 1.29 is 49.1 Å². The monoisotopic (exact) mass is 544 g/mol. The number of amidine groups is 1. The van der Waals surface area contributed by atoms with Crippen molar-refractivity contribution in [2.75, 3.05) is 0 Å². The number of alkyl halides is 9. The molecule has 0 fully saturated rings. The molecule has 0 amide bonds. The molecule has 2 N–H and O–H groups in total. The minimum Gasteiger partial charge on any atom is -0.380 e. The standard InChI is InChI=1S/C20H10ClF9N4O2/c21-12-1-3-13(4-2-12)34-15(20(28,29)30)14(8-32-34)17(35)36-33-16(31)9-5-10(18(22,23)24)7-11(6-9)19(25,26)27/h1-8H,(H2,31,33). The van der Waals surface area contributed by atoms with Crippen molar-refractivity contribution in [1.82, 2.24) is 9.78 Å². The van der Waals surface area contributed by atoms with Gasteiger partial charge in [0.25, 0.3) is 0 Å². The van der Waals surface area contributed by atoms with Crippen molar-refractivity contribution in [3.8, 4) is 5.69 Å². The van der Waals surface area contributed by atoms with Gasteiger partial charge in [-0.05, 0) is 42.5 Å². The van der Waals surface area contributed by atoms with Crippen LogP contribution >= 0.6 is 11.6 Å². The summed E-state index contributed by atoms with van der Waals surface area (Å²) in [6.07, 6.45) is -15.1. The number of hydrogen-bond acceptors (Lipinski definition) is 4. The molecule has 6 nitrogen and oxygen atoms in total. The number of rotatable bonds is 4. The molecule has 3 rings (SSSR count). The first kappa shape index (κ1) is 26.8. The van der Waals surface area contributed by atoms with E-state index in [1.165, 1.54) is 24.3 Å². The highest BCUT2D eigenvalue weighted by molar-refractivity contribution is 6.30. The van der Waals surface area contributed by atoms with Crippen molar-refractivity contribution in [2.45, 2.75) is 18.5 Å². The molecule has 1 aromatic heterocycles. The van der Waals surface area contributed by atoms with Crippen LogP contribution in [-0.2, 0) is 23.4 Å². The summed E-state index contributed by atoms with van der Waals surface area (Å²) in [5, 5.41) is 6.61. The molecule has 1 heterocycles. The van der Waals surface area contributed by atoms with Crippen LogP contribution in [-0.4, -0.2) is 21.6 Å².